The molecule has 0 N–H and O–H groups in total. The van der Waals surface area contributed by atoms with E-state index in [9.17, 15) is 0 Å². The monoisotopic (exact) mass is 440 g/mol. The van der Waals surface area contributed by atoms with Gasteiger partial charge in [0.15, 0.2) is 0 Å². The lowest BCUT2D eigenvalue weighted by Gasteiger charge is -2.24. The van der Waals surface area contributed by atoms with Gasteiger partial charge in [-0.05, 0) is 72.0 Å². The van der Waals surface area contributed by atoms with Crippen LogP contribution in [0.1, 0.15) is 48.9 Å². The van der Waals surface area contributed by atoms with Crippen LogP contribution in [0.5, 0.6) is 11.5 Å². The highest BCUT2D eigenvalue weighted by atomic mass is 16.5. The van der Waals surface area contributed by atoms with Gasteiger partial charge < -0.3 is 9.47 Å². The van der Waals surface area contributed by atoms with Crippen LogP contribution < -0.4 is 14.5 Å². The number of allylic oxidation sites excluding steroid dienone is 1. The summed E-state index contributed by atoms with van der Waals surface area (Å²) in [6.07, 6.45) is 8.63. The Balaban J connectivity index is 1.59. The topological polar surface area (TPSA) is 34.1 Å². The molecule has 0 radical (unpaired) electrons. The van der Waals surface area contributed by atoms with Gasteiger partial charge in [-0.15, -0.1) is 0 Å². The highest BCUT2D eigenvalue weighted by Crippen LogP contribution is 2.36. The number of rotatable bonds is 9. The van der Waals surface area contributed by atoms with Gasteiger partial charge in [-0.2, -0.15) is 5.10 Å². The summed E-state index contributed by atoms with van der Waals surface area (Å²) in [4.78, 5) is 0. The molecule has 0 aliphatic carbocycles. The summed E-state index contributed by atoms with van der Waals surface area (Å²) in [5.41, 5.74) is 5.90. The number of aryl methyl sites for hydroxylation is 1. The normalized spacial score (nSPS) is 15.7. The fraction of sp³-hybridized carbons (Fsp3) is 0.276. The number of anilines is 1. The van der Waals surface area contributed by atoms with Crippen molar-refractivity contribution in [3.63, 3.8) is 0 Å². The van der Waals surface area contributed by atoms with Gasteiger partial charge in [0.1, 0.15) is 11.5 Å². The van der Waals surface area contributed by atoms with Crippen molar-refractivity contribution in [2.24, 2.45) is 5.10 Å². The molecule has 3 aromatic carbocycles. The largest absolute Gasteiger partial charge is 0.497 e. The lowest BCUT2D eigenvalue weighted by atomic mass is 10.0. The van der Waals surface area contributed by atoms with E-state index in [-0.39, 0.29) is 6.04 Å². The predicted octanol–water partition coefficient (Wildman–Crippen LogP) is 7.07. The summed E-state index contributed by atoms with van der Waals surface area (Å²) in [6, 6.07) is 25.4. The highest BCUT2D eigenvalue weighted by Gasteiger charge is 2.28. The van der Waals surface area contributed by atoms with Gasteiger partial charge in [-0.1, -0.05) is 55.8 Å². The van der Waals surface area contributed by atoms with E-state index in [1.165, 1.54) is 24.0 Å². The van der Waals surface area contributed by atoms with Gasteiger partial charge in [-0.25, -0.2) is 0 Å². The molecule has 0 aromatic heterocycles. The molecule has 1 unspecified atom stereocenters. The molecule has 4 nitrogen and oxygen atoms in total. The second-order valence-corrected chi connectivity index (χ2v) is 8.31. The van der Waals surface area contributed by atoms with Crippen LogP contribution in [-0.4, -0.2) is 19.9 Å². The van der Waals surface area contributed by atoms with Crippen molar-refractivity contribution in [2.75, 3.05) is 19.2 Å². The molecule has 4 rings (SSSR count). The van der Waals surface area contributed by atoms with Crippen molar-refractivity contribution in [1.82, 2.24) is 0 Å². The Morgan fingerprint density at radius 2 is 1.48 bits per heavy atom. The van der Waals surface area contributed by atoms with Gasteiger partial charge in [-0.3, -0.25) is 5.01 Å². The van der Waals surface area contributed by atoms with Crippen LogP contribution in [0.15, 0.2) is 84.0 Å². The first kappa shape index (κ1) is 22.7. The van der Waals surface area contributed by atoms with Crippen LogP contribution in [0.4, 0.5) is 5.69 Å². The van der Waals surface area contributed by atoms with Crippen molar-refractivity contribution in [2.45, 2.75) is 38.6 Å². The van der Waals surface area contributed by atoms with Crippen molar-refractivity contribution in [3.8, 4) is 11.5 Å². The third kappa shape index (κ3) is 5.64. The first-order valence-electron chi connectivity index (χ1n) is 11.6. The third-order valence-electron chi connectivity index (χ3n) is 6.04. The van der Waals surface area contributed by atoms with Crippen molar-refractivity contribution in [3.05, 3.63) is 95.6 Å². The Kier molecular flexibility index (Phi) is 7.46. The summed E-state index contributed by atoms with van der Waals surface area (Å²) in [5.74, 6) is 1.72. The lowest BCUT2D eigenvalue weighted by Crippen LogP contribution is -2.18. The maximum absolute atomic E-state index is 5.35. The van der Waals surface area contributed by atoms with E-state index in [0.717, 1.165) is 41.3 Å². The molecule has 0 saturated heterocycles. The van der Waals surface area contributed by atoms with Gasteiger partial charge in [0.25, 0.3) is 0 Å². The number of ether oxygens (including phenoxy) is 2. The number of hydrogen-bond acceptors (Lipinski definition) is 4. The van der Waals surface area contributed by atoms with Crippen LogP contribution in [0, 0.1) is 0 Å². The summed E-state index contributed by atoms with van der Waals surface area (Å²) in [6.45, 7) is 2.23. The van der Waals surface area contributed by atoms with Crippen LogP contribution in [0.2, 0.25) is 0 Å². The zero-order valence-electron chi connectivity index (χ0n) is 19.7. The summed E-state index contributed by atoms with van der Waals surface area (Å²) in [7, 11) is 3.38. The Bertz CT molecular complexity index is 1080. The zero-order valence-corrected chi connectivity index (χ0v) is 19.7. The lowest BCUT2D eigenvalue weighted by molar-refractivity contribution is 0.414. The number of hydrazone groups is 1. The molecule has 3 aromatic rings. The minimum Gasteiger partial charge on any atom is -0.497 e. The number of benzene rings is 3. The van der Waals surface area contributed by atoms with Crippen LogP contribution in [0.25, 0.3) is 6.08 Å². The minimum atomic E-state index is 0.146. The number of nitrogens with zero attached hydrogens (tertiary/aromatic N) is 2. The zero-order chi connectivity index (χ0) is 23.0. The Labute approximate surface area is 197 Å². The average molecular weight is 441 g/mol. The second-order valence-electron chi connectivity index (χ2n) is 8.31. The van der Waals surface area contributed by atoms with Gasteiger partial charge in [0.05, 0.1) is 31.7 Å². The summed E-state index contributed by atoms with van der Waals surface area (Å²) in [5, 5.41) is 7.16. The van der Waals surface area contributed by atoms with E-state index in [4.69, 9.17) is 14.6 Å². The fourth-order valence-electron chi connectivity index (χ4n) is 4.06. The Morgan fingerprint density at radius 1 is 0.848 bits per heavy atom. The predicted molar refractivity (Wildman–Crippen MR) is 137 cm³/mol. The third-order valence-corrected chi connectivity index (χ3v) is 6.04. The van der Waals surface area contributed by atoms with Crippen molar-refractivity contribution in [1.29, 1.82) is 0 Å². The van der Waals surface area contributed by atoms with Gasteiger partial charge in [0, 0.05) is 6.42 Å². The molecule has 1 heterocycles. The van der Waals surface area contributed by atoms with Crippen LogP contribution in [0.3, 0.4) is 0 Å². The van der Waals surface area contributed by atoms with E-state index in [2.05, 4.69) is 72.6 Å². The molecule has 1 atom stereocenters. The van der Waals surface area contributed by atoms with Crippen LogP contribution in [-0.2, 0) is 6.42 Å². The molecular formula is C29H32N2O2. The first-order valence-corrected chi connectivity index (χ1v) is 11.6. The van der Waals surface area contributed by atoms with E-state index < -0.39 is 0 Å². The minimum absolute atomic E-state index is 0.146. The molecule has 170 valence electrons. The van der Waals surface area contributed by atoms with Crippen LogP contribution >= 0.6 is 0 Å². The SMILES string of the molecule is CCCCc1ccc(N2N=C(C=Cc3ccc(OC)cc3)CC2c2ccc(OC)cc2)cc1. The molecule has 4 heteroatoms. The van der Waals surface area contributed by atoms with E-state index >= 15 is 0 Å². The number of unbranched alkanes of at least 4 members (excludes halogenated alkanes) is 1. The standard InChI is InChI=1S/C29H32N2O2/c1-4-5-6-22-8-15-26(16-9-22)31-29(24-12-19-28(33-3)20-13-24)21-25(30-31)14-7-23-10-17-27(32-2)18-11-23/h7-20,29H,4-6,21H2,1-3H3. The molecule has 0 saturated carbocycles. The number of methoxy groups -OCH3 is 2. The molecule has 0 amide bonds. The van der Waals surface area contributed by atoms with E-state index in [0.29, 0.717) is 0 Å². The van der Waals surface area contributed by atoms with E-state index in [1.54, 1.807) is 14.2 Å². The Hall–Kier alpha value is -3.53. The summed E-state index contributed by atoms with van der Waals surface area (Å²) < 4.78 is 10.6. The molecule has 0 spiro atoms. The van der Waals surface area contributed by atoms with E-state index in [1.807, 2.05) is 24.3 Å². The first-order chi connectivity index (χ1) is 16.2. The van der Waals surface area contributed by atoms with Crippen molar-refractivity contribution < 1.29 is 9.47 Å². The highest BCUT2D eigenvalue weighted by molar-refractivity contribution is 6.01. The second kappa shape index (κ2) is 10.9. The molecule has 0 fully saturated rings. The van der Waals surface area contributed by atoms with Crippen molar-refractivity contribution >= 4 is 17.5 Å². The van der Waals surface area contributed by atoms with Gasteiger partial charge in [0.2, 0.25) is 0 Å². The molecule has 0 bridgehead atoms. The average Bonchev–Trinajstić information content (AvgIpc) is 3.31. The molecule has 1 aliphatic rings. The maximum atomic E-state index is 5.35. The maximum Gasteiger partial charge on any atom is 0.118 e. The number of hydrogen-bond donors (Lipinski definition) is 0. The molecule has 1 aliphatic heterocycles. The molecular weight excluding hydrogens is 408 g/mol. The molecule has 33 heavy (non-hydrogen) atoms. The fourth-order valence-corrected chi connectivity index (χ4v) is 4.06. The summed E-state index contributed by atoms with van der Waals surface area (Å²) >= 11 is 0. The quantitative estimate of drug-likeness (QED) is 0.357. The smallest absolute Gasteiger partial charge is 0.118 e. The van der Waals surface area contributed by atoms with Gasteiger partial charge >= 0.3 is 0 Å². The Morgan fingerprint density at radius 3 is 2.09 bits per heavy atom.